The van der Waals surface area contributed by atoms with E-state index in [9.17, 15) is 18.0 Å². The van der Waals surface area contributed by atoms with Crippen LogP contribution in [0.25, 0.3) is 5.69 Å². The molecule has 0 radical (unpaired) electrons. The number of nitrogens with zero attached hydrogens (tertiary/aromatic N) is 2. The van der Waals surface area contributed by atoms with E-state index in [4.69, 9.17) is 4.74 Å². The van der Waals surface area contributed by atoms with E-state index in [1.807, 2.05) is 0 Å². The first kappa shape index (κ1) is 15.5. The highest BCUT2D eigenvalue weighted by Gasteiger charge is 2.35. The predicted molar refractivity (Wildman–Crippen MR) is 76.2 cm³/mol. The van der Waals surface area contributed by atoms with Crippen molar-refractivity contribution in [2.75, 3.05) is 11.9 Å². The molecule has 0 bridgehead atoms. The second-order valence-corrected chi connectivity index (χ2v) is 5.16. The van der Waals surface area contributed by atoms with Crippen molar-refractivity contribution < 1.29 is 22.7 Å². The minimum absolute atomic E-state index is 0.245. The summed E-state index contributed by atoms with van der Waals surface area (Å²) in [6, 6.07) is 6.90. The maximum atomic E-state index is 12.9. The predicted octanol–water partition coefficient (Wildman–Crippen LogP) is 3.01. The topological polar surface area (TPSA) is 56.2 Å². The van der Waals surface area contributed by atoms with Crippen LogP contribution in [0.2, 0.25) is 0 Å². The molecule has 0 aliphatic carbocycles. The first-order valence-electron chi connectivity index (χ1n) is 7.09. The number of nitrogens with one attached hydrogen (secondary N) is 1. The lowest BCUT2D eigenvalue weighted by molar-refractivity contribution is -0.142. The van der Waals surface area contributed by atoms with Gasteiger partial charge in [-0.1, -0.05) is 0 Å². The first-order chi connectivity index (χ1) is 10.9. The number of alkyl halides is 3. The Morgan fingerprint density at radius 2 is 2.00 bits per heavy atom. The molecule has 5 nitrogen and oxygen atoms in total. The molecule has 1 aliphatic rings. The van der Waals surface area contributed by atoms with Crippen LogP contribution in [0.1, 0.15) is 18.5 Å². The van der Waals surface area contributed by atoms with Crippen LogP contribution in [-0.4, -0.2) is 28.4 Å². The maximum absolute atomic E-state index is 12.9. The van der Waals surface area contributed by atoms with Crippen molar-refractivity contribution in [2.45, 2.75) is 25.1 Å². The van der Waals surface area contributed by atoms with Crippen LogP contribution in [-0.2, 0) is 15.7 Å². The zero-order chi connectivity index (χ0) is 16.4. The van der Waals surface area contributed by atoms with Crippen molar-refractivity contribution in [3.63, 3.8) is 0 Å². The fraction of sp³-hybridized carbons (Fsp3) is 0.333. The van der Waals surface area contributed by atoms with Gasteiger partial charge in [0.05, 0.1) is 11.9 Å². The minimum Gasteiger partial charge on any atom is -0.368 e. The Morgan fingerprint density at radius 1 is 1.26 bits per heavy atom. The third-order valence-electron chi connectivity index (χ3n) is 3.53. The molecule has 3 rings (SSSR count). The molecule has 0 spiro atoms. The van der Waals surface area contributed by atoms with Gasteiger partial charge in [-0.25, -0.2) is 4.68 Å². The van der Waals surface area contributed by atoms with Gasteiger partial charge in [-0.05, 0) is 43.2 Å². The molecule has 0 saturated carbocycles. The molecule has 8 heteroatoms. The second kappa shape index (κ2) is 6.04. The first-order valence-corrected chi connectivity index (χ1v) is 7.09. The van der Waals surface area contributed by atoms with Crippen LogP contribution in [0.3, 0.4) is 0 Å². The van der Waals surface area contributed by atoms with E-state index in [0.29, 0.717) is 18.7 Å². The lowest BCUT2D eigenvalue weighted by atomic mass is 10.2. The van der Waals surface area contributed by atoms with E-state index in [-0.39, 0.29) is 11.6 Å². The average molecular weight is 325 g/mol. The summed E-state index contributed by atoms with van der Waals surface area (Å²) in [5.41, 5.74) is -0.0963. The van der Waals surface area contributed by atoms with Crippen molar-refractivity contribution in [1.29, 1.82) is 0 Å². The molecule has 1 aromatic carbocycles. The van der Waals surface area contributed by atoms with Gasteiger partial charge in [0, 0.05) is 12.3 Å². The van der Waals surface area contributed by atoms with Gasteiger partial charge in [-0.2, -0.15) is 18.3 Å². The number of carbonyl (C=O) groups excluding carboxylic acids is 1. The summed E-state index contributed by atoms with van der Waals surface area (Å²) < 4.78 is 44.7. The molecular weight excluding hydrogens is 311 g/mol. The fourth-order valence-electron chi connectivity index (χ4n) is 2.42. The Bertz CT molecular complexity index is 689. The Kier molecular flexibility index (Phi) is 4.08. The van der Waals surface area contributed by atoms with Gasteiger partial charge in [0.1, 0.15) is 11.8 Å². The summed E-state index contributed by atoms with van der Waals surface area (Å²) in [5, 5.41) is 6.38. The lowest BCUT2D eigenvalue weighted by Crippen LogP contribution is -2.26. The molecule has 1 atom stereocenters. The zero-order valence-corrected chi connectivity index (χ0v) is 12.0. The molecule has 1 saturated heterocycles. The van der Waals surface area contributed by atoms with Crippen molar-refractivity contribution in [1.82, 2.24) is 9.78 Å². The van der Waals surface area contributed by atoms with Gasteiger partial charge in [-0.15, -0.1) is 0 Å². The largest absolute Gasteiger partial charge is 0.433 e. The van der Waals surface area contributed by atoms with Crippen LogP contribution >= 0.6 is 0 Å². The summed E-state index contributed by atoms with van der Waals surface area (Å²) in [7, 11) is 0. The number of hydrogen-bond acceptors (Lipinski definition) is 3. The van der Waals surface area contributed by atoms with Crippen LogP contribution in [0.4, 0.5) is 18.9 Å². The summed E-state index contributed by atoms with van der Waals surface area (Å²) >= 11 is 0. The number of amides is 1. The lowest BCUT2D eigenvalue weighted by Gasteiger charge is -2.12. The molecule has 23 heavy (non-hydrogen) atoms. The maximum Gasteiger partial charge on any atom is 0.433 e. The number of benzene rings is 1. The van der Waals surface area contributed by atoms with Crippen LogP contribution in [0.5, 0.6) is 0 Å². The molecule has 2 heterocycles. The van der Waals surface area contributed by atoms with Gasteiger partial charge in [0.25, 0.3) is 5.91 Å². The summed E-state index contributed by atoms with van der Waals surface area (Å²) in [4.78, 5) is 11.9. The standard InChI is InChI=1S/C15H14F3N3O2/c16-15(17,18)13-7-8-19-21(13)11-5-3-10(4-6-11)20-14(22)12-2-1-9-23-12/h3-8,12H,1-2,9H2,(H,20,22). The molecule has 1 aromatic heterocycles. The molecule has 1 amide bonds. The molecule has 1 aliphatic heterocycles. The van der Waals surface area contributed by atoms with Gasteiger partial charge >= 0.3 is 6.18 Å². The van der Waals surface area contributed by atoms with Crippen molar-refractivity contribution in [3.8, 4) is 5.69 Å². The Labute approximate surface area is 130 Å². The van der Waals surface area contributed by atoms with Crippen LogP contribution < -0.4 is 5.32 Å². The summed E-state index contributed by atoms with van der Waals surface area (Å²) in [6.07, 6.45) is -2.33. The quantitative estimate of drug-likeness (QED) is 0.944. The van der Waals surface area contributed by atoms with Gasteiger partial charge in [0.15, 0.2) is 0 Å². The van der Waals surface area contributed by atoms with Crippen LogP contribution in [0, 0.1) is 0 Å². The van der Waals surface area contributed by atoms with Gasteiger partial charge in [-0.3, -0.25) is 4.79 Å². The average Bonchev–Trinajstić information content (AvgIpc) is 3.19. The SMILES string of the molecule is O=C(Nc1ccc(-n2nccc2C(F)(F)F)cc1)C1CCCO1. The van der Waals surface area contributed by atoms with E-state index in [1.54, 1.807) is 0 Å². The van der Waals surface area contributed by atoms with Crippen LogP contribution in [0.15, 0.2) is 36.5 Å². The van der Waals surface area contributed by atoms with E-state index in [2.05, 4.69) is 10.4 Å². The number of anilines is 1. The number of rotatable bonds is 3. The van der Waals surface area contributed by atoms with E-state index < -0.39 is 18.0 Å². The molecule has 122 valence electrons. The highest BCUT2D eigenvalue weighted by Crippen LogP contribution is 2.30. The second-order valence-electron chi connectivity index (χ2n) is 5.16. The number of hydrogen-bond donors (Lipinski definition) is 1. The Balaban J connectivity index is 1.75. The Morgan fingerprint density at radius 3 is 2.61 bits per heavy atom. The van der Waals surface area contributed by atoms with E-state index in [1.165, 1.54) is 24.3 Å². The summed E-state index contributed by atoms with van der Waals surface area (Å²) in [5.74, 6) is -0.245. The van der Waals surface area contributed by atoms with E-state index in [0.717, 1.165) is 23.4 Å². The highest BCUT2D eigenvalue weighted by molar-refractivity contribution is 5.94. The molecule has 1 N–H and O–H groups in total. The van der Waals surface area contributed by atoms with Gasteiger partial charge < -0.3 is 10.1 Å². The molecule has 2 aromatic rings. The minimum atomic E-state index is -4.48. The monoisotopic (exact) mass is 325 g/mol. The smallest absolute Gasteiger partial charge is 0.368 e. The third-order valence-corrected chi connectivity index (χ3v) is 3.53. The summed E-state index contributed by atoms with van der Waals surface area (Å²) in [6.45, 7) is 0.566. The normalized spacial score (nSPS) is 18.1. The van der Waals surface area contributed by atoms with Crippen molar-refractivity contribution in [3.05, 3.63) is 42.2 Å². The van der Waals surface area contributed by atoms with Crippen molar-refractivity contribution in [2.24, 2.45) is 0 Å². The zero-order valence-electron chi connectivity index (χ0n) is 12.0. The number of aromatic nitrogens is 2. The molecule has 1 fully saturated rings. The number of halogens is 3. The third kappa shape index (κ3) is 3.37. The number of carbonyl (C=O) groups is 1. The molecule has 1 unspecified atom stereocenters. The number of ether oxygens (including phenoxy) is 1. The Hall–Kier alpha value is -2.35. The molecular formula is C15H14F3N3O2. The van der Waals surface area contributed by atoms with Crippen molar-refractivity contribution >= 4 is 11.6 Å². The van der Waals surface area contributed by atoms with E-state index >= 15 is 0 Å². The fourth-order valence-corrected chi connectivity index (χ4v) is 2.42. The highest BCUT2D eigenvalue weighted by atomic mass is 19.4. The van der Waals surface area contributed by atoms with Gasteiger partial charge in [0.2, 0.25) is 0 Å².